The molecular formula is C28H34F3N5O7. The summed E-state index contributed by atoms with van der Waals surface area (Å²) in [5.41, 5.74) is -1.50. The average Bonchev–Trinajstić information content (AvgIpc) is 2.96. The largest absolute Gasteiger partial charge is 0.487 e. The van der Waals surface area contributed by atoms with Gasteiger partial charge in [-0.1, -0.05) is 0 Å². The molecular weight excluding hydrogens is 575 g/mol. The molecule has 0 unspecified atom stereocenters. The van der Waals surface area contributed by atoms with Gasteiger partial charge in [-0.3, -0.25) is 25.0 Å². The highest BCUT2D eigenvalue weighted by Gasteiger charge is 2.38. The lowest BCUT2D eigenvalue weighted by molar-refractivity contribution is -0.388. The zero-order valence-corrected chi connectivity index (χ0v) is 23.6. The van der Waals surface area contributed by atoms with E-state index in [4.69, 9.17) is 9.47 Å². The number of likely N-dealkylation sites (tertiary alicyclic amines) is 1. The van der Waals surface area contributed by atoms with Crippen LogP contribution in [0, 0.1) is 20.2 Å². The van der Waals surface area contributed by atoms with E-state index in [2.05, 4.69) is 10.6 Å². The summed E-state index contributed by atoms with van der Waals surface area (Å²) in [4.78, 5) is 35.2. The first kappa shape index (κ1) is 31.8. The van der Waals surface area contributed by atoms with Crippen LogP contribution in [0.4, 0.5) is 35.9 Å². The van der Waals surface area contributed by atoms with Gasteiger partial charge in [-0.25, -0.2) is 0 Å². The summed E-state index contributed by atoms with van der Waals surface area (Å²) in [5, 5.41) is 28.6. The number of ether oxygens (including phenoxy) is 2. The number of carbonyl (C=O) groups is 1. The molecule has 0 atom stereocenters. The highest BCUT2D eigenvalue weighted by atomic mass is 19.4. The molecule has 0 bridgehead atoms. The second-order valence-corrected chi connectivity index (χ2v) is 10.6. The van der Waals surface area contributed by atoms with E-state index in [1.807, 2.05) is 0 Å². The Hall–Kier alpha value is -4.14. The van der Waals surface area contributed by atoms with E-state index in [0.29, 0.717) is 63.9 Å². The van der Waals surface area contributed by atoms with Gasteiger partial charge in [-0.15, -0.1) is 0 Å². The number of hydrogen-bond donors (Lipinski definition) is 2. The fraction of sp³-hybridized carbons (Fsp3) is 0.536. The molecule has 2 aromatic rings. The molecule has 234 valence electrons. The van der Waals surface area contributed by atoms with E-state index in [0.717, 1.165) is 12.1 Å². The summed E-state index contributed by atoms with van der Waals surface area (Å²) in [7, 11) is 0. The van der Waals surface area contributed by atoms with Crippen LogP contribution in [0.3, 0.4) is 0 Å². The summed E-state index contributed by atoms with van der Waals surface area (Å²) in [6, 6.07) is 7.53. The lowest BCUT2D eigenvalue weighted by Gasteiger charge is -2.34. The van der Waals surface area contributed by atoms with Crippen molar-refractivity contribution in [1.82, 2.24) is 4.90 Å². The molecule has 15 heteroatoms. The summed E-state index contributed by atoms with van der Waals surface area (Å²) >= 11 is 0. The number of halogens is 3. The van der Waals surface area contributed by atoms with Crippen LogP contribution in [0.15, 0.2) is 36.4 Å². The van der Waals surface area contributed by atoms with Crippen LogP contribution in [0.25, 0.3) is 0 Å². The number of hydrogen-bond acceptors (Lipinski definition) is 9. The van der Waals surface area contributed by atoms with Crippen molar-refractivity contribution >= 4 is 28.7 Å². The first-order valence-electron chi connectivity index (χ1n) is 14.1. The summed E-state index contributed by atoms with van der Waals surface area (Å²) in [6.07, 6.45) is -1.13. The lowest BCUT2D eigenvalue weighted by Crippen LogP contribution is -2.44. The van der Waals surface area contributed by atoms with Crippen molar-refractivity contribution in [1.29, 1.82) is 0 Å². The molecule has 1 aliphatic heterocycles. The maximum atomic E-state index is 13.3. The van der Waals surface area contributed by atoms with E-state index in [1.54, 1.807) is 24.0 Å². The molecule has 4 rings (SSSR count). The Labute approximate surface area is 245 Å². The van der Waals surface area contributed by atoms with Gasteiger partial charge in [0.25, 0.3) is 5.69 Å². The van der Waals surface area contributed by atoms with Crippen molar-refractivity contribution in [3.63, 3.8) is 0 Å². The van der Waals surface area contributed by atoms with Crippen LogP contribution in [0.5, 0.6) is 5.75 Å². The third kappa shape index (κ3) is 8.46. The average molecular weight is 610 g/mol. The first-order chi connectivity index (χ1) is 20.4. The fourth-order valence-corrected chi connectivity index (χ4v) is 5.44. The van der Waals surface area contributed by atoms with Crippen molar-refractivity contribution in [2.45, 2.75) is 69.8 Å². The lowest BCUT2D eigenvalue weighted by atomic mass is 9.92. The second kappa shape index (κ2) is 13.9. The Morgan fingerprint density at radius 1 is 0.907 bits per heavy atom. The Morgan fingerprint density at radius 3 is 2.02 bits per heavy atom. The predicted octanol–water partition coefficient (Wildman–Crippen LogP) is 5.76. The van der Waals surface area contributed by atoms with Gasteiger partial charge < -0.3 is 25.0 Å². The molecule has 1 aliphatic carbocycles. The normalized spacial score (nSPS) is 19.5. The van der Waals surface area contributed by atoms with E-state index < -0.39 is 27.3 Å². The number of benzene rings is 2. The summed E-state index contributed by atoms with van der Waals surface area (Å²) in [5.74, 6) is 0.0900. The number of alkyl halides is 3. The van der Waals surface area contributed by atoms with E-state index >= 15 is 0 Å². The van der Waals surface area contributed by atoms with Crippen LogP contribution in [0.2, 0.25) is 0 Å². The Bertz CT molecular complexity index is 1310. The zero-order valence-electron chi connectivity index (χ0n) is 23.6. The third-order valence-corrected chi connectivity index (χ3v) is 7.66. The SMILES string of the molecule is CCOc1cc(NC2CCN(C(=O)CO[C@H]3CC[C@H](Nc4ccc([N+](=O)[O-])c(C(F)(F)F)c4)CC3)CC2)ccc1[N+](=O)[O-]. The van der Waals surface area contributed by atoms with Crippen LogP contribution >= 0.6 is 0 Å². The van der Waals surface area contributed by atoms with Gasteiger partial charge in [0.1, 0.15) is 12.2 Å². The molecule has 43 heavy (non-hydrogen) atoms. The number of rotatable bonds is 11. The minimum absolute atomic E-state index is 0.0573. The van der Waals surface area contributed by atoms with E-state index in [1.165, 1.54) is 12.1 Å². The molecule has 1 saturated carbocycles. The van der Waals surface area contributed by atoms with Gasteiger partial charge in [0.05, 0.1) is 22.6 Å². The van der Waals surface area contributed by atoms with Crippen molar-refractivity contribution in [3.8, 4) is 5.75 Å². The summed E-state index contributed by atoms with van der Waals surface area (Å²) in [6.45, 7) is 3.08. The third-order valence-electron chi connectivity index (χ3n) is 7.66. The minimum Gasteiger partial charge on any atom is -0.487 e. The maximum Gasteiger partial charge on any atom is 0.423 e. The van der Waals surface area contributed by atoms with Crippen molar-refractivity contribution in [2.75, 3.05) is 36.9 Å². The van der Waals surface area contributed by atoms with Gasteiger partial charge >= 0.3 is 11.9 Å². The highest BCUT2D eigenvalue weighted by Crippen LogP contribution is 2.38. The molecule has 0 spiro atoms. The van der Waals surface area contributed by atoms with Crippen LogP contribution in [-0.2, 0) is 15.7 Å². The zero-order chi connectivity index (χ0) is 31.1. The molecule has 1 amide bonds. The van der Waals surface area contributed by atoms with Gasteiger partial charge in [0.15, 0.2) is 5.75 Å². The van der Waals surface area contributed by atoms with Crippen molar-refractivity contribution < 1.29 is 37.3 Å². The molecule has 2 aliphatic rings. The van der Waals surface area contributed by atoms with E-state index in [9.17, 15) is 38.2 Å². The molecule has 2 fully saturated rings. The highest BCUT2D eigenvalue weighted by molar-refractivity contribution is 5.77. The Morgan fingerprint density at radius 2 is 1.47 bits per heavy atom. The Kier molecular flexibility index (Phi) is 10.3. The predicted molar refractivity (Wildman–Crippen MR) is 151 cm³/mol. The number of piperidine rings is 1. The van der Waals surface area contributed by atoms with Crippen LogP contribution < -0.4 is 15.4 Å². The number of nitrogens with one attached hydrogen (secondary N) is 2. The van der Waals surface area contributed by atoms with Crippen molar-refractivity contribution in [3.05, 3.63) is 62.2 Å². The monoisotopic (exact) mass is 609 g/mol. The molecule has 0 radical (unpaired) electrons. The first-order valence-corrected chi connectivity index (χ1v) is 14.1. The molecule has 1 heterocycles. The number of carbonyl (C=O) groups excluding carboxylic acids is 1. The smallest absolute Gasteiger partial charge is 0.423 e. The molecule has 12 nitrogen and oxygen atoms in total. The van der Waals surface area contributed by atoms with Gasteiger partial charge in [-0.2, -0.15) is 13.2 Å². The van der Waals surface area contributed by atoms with Gasteiger partial charge in [-0.05, 0) is 63.6 Å². The van der Waals surface area contributed by atoms with Crippen LogP contribution in [-0.4, -0.2) is 65.1 Å². The number of nitro groups is 2. The van der Waals surface area contributed by atoms with Crippen LogP contribution in [0.1, 0.15) is 51.0 Å². The molecule has 1 saturated heterocycles. The fourth-order valence-electron chi connectivity index (χ4n) is 5.44. The second-order valence-electron chi connectivity index (χ2n) is 10.6. The molecule has 2 aromatic carbocycles. The standard InChI is InChI=1S/C28H34F3N5O7/c1-2-42-26-16-21(6-10-25(26)36(40)41)33-19-11-13-34(14-12-19)27(37)17-43-22-7-3-18(4-8-22)32-20-5-9-24(35(38)39)23(15-20)28(29,30)31/h5-6,9-10,15-16,18-19,22,32-33H,2-4,7-8,11-14,17H2,1H3/t18-,22-. The number of anilines is 2. The van der Waals surface area contributed by atoms with Gasteiger partial charge in [0, 0.05) is 54.7 Å². The number of amides is 1. The minimum atomic E-state index is -4.84. The summed E-state index contributed by atoms with van der Waals surface area (Å²) < 4.78 is 51.1. The number of nitrogens with zero attached hydrogens (tertiary/aromatic N) is 3. The quantitative estimate of drug-likeness (QED) is 0.239. The molecule has 2 N–H and O–H groups in total. The topological polar surface area (TPSA) is 149 Å². The Balaban J connectivity index is 1.18. The van der Waals surface area contributed by atoms with Crippen molar-refractivity contribution in [2.24, 2.45) is 0 Å². The number of nitro benzene ring substituents is 2. The van der Waals surface area contributed by atoms with E-state index in [-0.39, 0.29) is 47.8 Å². The maximum absolute atomic E-state index is 13.3. The molecule has 0 aromatic heterocycles. The van der Waals surface area contributed by atoms with Gasteiger partial charge in [0.2, 0.25) is 5.91 Å².